The number of amides is 2. The number of hydrogen-bond acceptors (Lipinski definition) is 7. The molecule has 0 radical (unpaired) electrons. The zero-order valence-corrected chi connectivity index (χ0v) is 23.9. The summed E-state index contributed by atoms with van der Waals surface area (Å²) in [5.41, 5.74) is 2.09. The molecule has 4 heterocycles. The number of ether oxygens (including phenoxy) is 2. The molecule has 228 valence electrons. The maximum absolute atomic E-state index is 14.1. The van der Waals surface area contributed by atoms with Crippen LogP contribution in [-0.2, 0) is 16.6 Å². The lowest BCUT2D eigenvalue weighted by molar-refractivity contribution is -0.136. The first kappa shape index (κ1) is 29.0. The van der Waals surface area contributed by atoms with Crippen LogP contribution in [0.5, 0.6) is 5.75 Å². The van der Waals surface area contributed by atoms with Crippen LogP contribution in [0.15, 0.2) is 30.6 Å². The summed E-state index contributed by atoms with van der Waals surface area (Å²) < 4.78 is 41.8. The highest BCUT2D eigenvalue weighted by atomic mass is 19.3. The van der Waals surface area contributed by atoms with Crippen molar-refractivity contribution in [2.24, 2.45) is 7.05 Å². The SMILES string of the molecule is Cn1cc(-c2ccc3c(c2)OCC[C@@H]2CC[C@H](O)[C@@H](CNC(=O)[C@@H]4CN(C5CCC(F)(F)CC5)CCN4C3=O)O2)cn1. The van der Waals surface area contributed by atoms with Crippen LogP contribution in [0.25, 0.3) is 11.1 Å². The summed E-state index contributed by atoms with van der Waals surface area (Å²) in [6.07, 6.45) is 4.37. The zero-order valence-electron chi connectivity index (χ0n) is 23.9. The number of fused-ring (bicyclic) bond motifs is 4. The van der Waals surface area contributed by atoms with E-state index in [2.05, 4.69) is 15.3 Å². The molecule has 2 saturated heterocycles. The second kappa shape index (κ2) is 11.9. The summed E-state index contributed by atoms with van der Waals surface area (Å²) in [6, 6.07) is 4.52. The van der Waals surface area contributed by atoms with Gasteiger partial charge in [0.1, 0.15) is 17.9 Å². The number of nitrogens with one attached hydrogen (secondary N) is 1. The van der Waals surface area contributed by atoms with Crippen LogP contribution < -0.4 is 10.1 Å². The predicted molar refractivity (Wildman–Crippen MR) is 149 cm³/mol. The number of rotatable bonds is 2. The summed E-state index contributed by atoms with van der Waals surface area (Å²) in [5, 5.41) is 17.7. The van der Waals surface area contributed by atoms with Crippen LogP contribution in [-0.4, -0.2) is 106 Å². The molecule has 4 aliphatic rings. The van der Waals surface area contributed by atoms with Crippen molar-refractivity contribution < 1.29 is 33.0 Å². The predicted octanol–water partition coefficient (Wildman–Crippen LogP) is 2.60. The van der Waals surface area contributed by atoms with Crippen molar-refractivity contribution in [2.75, 3.05) is 32.8 Å². The Balaban J connectivity index is 1.31. The fourth-order valence-electron chi connectivity index (χ4n) is 6.68. The van der Waals surface area contributed by atoms with E-state index >= 15 is 0 Å². The average Bonchev–Trinajstić information content (AvgIpc) is 3.42. The summed E-state index contributed by atoms with van der Waals surface area (Å²) >= 11 is 0. The molecule has 10 nitrogen and oxygen atoms in total. The van der Waals surface area contributed by atoms with Gasteiger partial charge in [-0.1, -0.05) is 6.07 Å². The fraction of sp³-hybridized carbons (Fsp3) is 0.633. The molecule has 3 aliphatic heterocycles. The molecule has 1 saturated carbocycles. The molecule has 1 aliphatic carbocycles. The van der Waals surface area contributed by atoms with Gasteiger partial charge in [0.2, 0.25) is 11.8 Å². The second-order valence-corrected chi connectivity index (χ2v) is 12.0. The molecule has 0 spiro atoms. The molecule has 42 heavy (non-hydrogen) atoms. The molecule has 3 fully saturated rings. The number of nitrogens with zero attached hydrogens (tertiary/aromatic N) is 4. The van der Waals surface area contributed by atoms with E-state index in [1.807, 2.05) is 25.4 Å². The maximum Gasteiger partial charge on any atom is 0.258 e. The van der Waals surface area contributed by atoms with Gasteiger partial charge in [0.15, 0.2) is 0 Å². The minimum Gasteiger partial charge on any atom is -0.493 e. The van der Waals surface area contributed by atoms with E-state index in [-0.39, 0.29) is 56.4 Å². The Morgan fingerprint density at radius 3 is 2.64 bits per heavy atom. The largest absolute Gasteiger partial charge is 0.493 e. The zero-order chi connectivity index (χ0) is 29.4. The Morgan fingerprint density at radius 2 is 1.88 bits per heavy atom. The molecule has 6 rings (SSSR count). The van der Waals surface area contributed by atoms with E-state index < -0.39 is 24.2 Å². The third-order valence-corrected chi connectivity index (χ3v) is 9.18. The van der Waals surface area contributed by atoms with Crippen molar-refractivity contribution in [1.82, 2.24) is 24.9 Å². The third kappa shape index (κ3) is 6.16. The number of carbonyl (C=O) groups excluding carboxylic acids is 2. The molecule has 1 aromatic carbocycles. The van der Waals surface area contributed by atoms with Crippen LogP contribution in [0.2, 0.25) is 0 Å². The highest BCUT2D eigenvalue weighted by Crippen LogP contribution is 2.36. The van der Waals surface area contributed by atoms with Gasteiger partial charge in [0.05, 0.1) is 30.6 Å². The quantitative estimate of drug-likeness (QED) is 0.556. The number of aryl methyl sites for hydroxylation is 1. The molecule has 1 aromatic heterocycles. The first-order valence-electron chi connectivity index (χ1n) is 15.0. The van der Waals surface area contributed by atoms with Crippen molar-refractivity contribution >= 4 is 11.8 Å². The lowest BCUT2D eigenvalue weighted by Gasteiger charge is -2.45. The number of carbonyl (C=O) groups is 2. The van der Waals surface area contributed by atoms with Crippen LogP contribution in [0.3, 0.4) is 0 Å². The standard InChI is InChI=1S/C30H39F2N5O5/c1-35-17-20(15-34-35)19-2-4-23-26(14-19)41-13-8-22-3-5-25(38)27(42-22)16-33-28(39)24-18-36(11-12-37(24)29(23)40)21-6-9-30(31,32)10-7-21/h2,4,14-15,17,21-22,24-25,27,38H,3,5-13,16,18H2,1H3,(H,33,39)/t22-,24-,25-,27+/m0/s1. The molecule has 4 atom stereocenters. The number of hydrogen-bond donors (Lipinski definition) is 2. The highest BCUT2D eigenvalue weighted by molar-refractivity contribution is 6.00. The summed E-state index contributed by atoms with van der Waals surface area (Å²) in [5.74, 6) is -2.89. The monoisotopic (exact) mass is 587 g/mol. The van der Waals surface area contributed by atoms with E-state index in [0.29, 0.717) is 56.6 Å². The first-order valence-corrected chi connectivity index (χ1v) is 15.0. The van der Waals surface area contributed by atoms with Gasteiger partial charge in [-0.25, -0.2) is 8.78 Å². The number of alkyl halides is 2. The van der Waals surface area contributed by atoms with Crippen molar-refractivity contribution in [3.05, 3.63) is 36.2 Å². The highest BCUT2D eigenvalue weighted by Gasteiger charge is 2.42. The summed E-state index contributed by atoms with van der Waals surface area (Å²) in [4.78, 5) is 31.5. The summed E-state index contributed by atoms with van der Waals surface area (Å²) in [7, 11) is 1.83. The van der Waals surface area contributed by atoms with Gasteiger partial charge in [-0.05, 0) is 43.4 Å². The smallest absolute Gasteiger partial charge is 0.258 e. The van der Waals surface area contributed by atoms with Crippen molar-refractivity contribution in [2.45, 2.75) is 81.3 Å². The molecule has 12 heteroatoms. The van der Waals surface area contributed by atoms with Gasteiger partial charge in [0, 0.05) is 70.3 Å². The molecule has 2 aromatic rings. The first-order chi connectivity index (χ1) is 20.2. The van der Waals surface area contributed by atoms with Gasteiger partial charge in [-0.3, -0.25) is 19.2 Å². The summed E-state index contributed by atoms with van der Waals surface area (Å²) in [6.45, 7) is 1.45. The van der Waals surface area contributed by atoms with Crippen LogP contribution >= 0.6 is 0 Å². The molecular weight excluding hydrogens is 548 g/mol. The third-order valence-electron chi connectivity index (χ3n) is 9.18. The van der Waals surface area contributed by atoms with Gasteiger partial charge in [0.25, 0.3) is 5.91 Å². The molecule has 0 unspecified atom stereocenters. The van der Waals surface area contributed by atoms with E-state index in [0.717, 1.165) is 11.1 Å². The second-order valence-electron chi connectivity index (χ2n) is 12.0. The lowest BCUT2D eigenvalue weighted by Crippen LogP contribution is -2.63. The molecule has 2 N–H and O–H groups in total. The van der Waals surface area contributed by atoms with Gasteiger partial charge >= 0.3 is 0 Å². The van der Waals surface area contributed by atoms with E-state index in [9.17, 15) is 23.5 Å². The van der Waals surface area contributed by atoms with Gasteiger partial charge in [-0.2, -0.15) is 5.10 Å². The topological polar surface area (TPSA) is 109 Å². The maximum atomic E-state index is 14.1. The van der Waals surface area contributed by atoms with E-state index in [1.54, 1.807) is 21.8 Å². The fourth-order valence-corrected chi connectivity index (χ4v) is 6.68. The van der Waals surface area contributed by atoms with Crippen LogP contribution in [0.4, 0.5) is 8.78 Å². The van der Waals surface area contributed by atoms with E-state index in [4.69, 9.17) is 9.47 Å². The molecule has 2 amide bonds. The average molecular weight is 588 g/mol. The van der Waals surface area contributed by atoms with Crippen LogP contribution in [0, 0.1) is 0 Å². The Kier molecular flexibility index (Phi) is 8.21. The lowest BCUT2D eigenvalue weighted by atomic mass is 9.90. The van der Waals surface area contributed by atoms with Gasteiger partial charge < -0.3 is 24.8 Å². The Morgan fingerprint density at radius 1 is 1.07 bits per heavy atom. The Labute approximate surface area is 243 Å². The number of aromatic nitrogens is 2. The molecule has 2 bridgehead atoms. The normalized spacial score (nSPS) is 29.6. The number of benzene rings is 1. The Hall–Kier alpha value is -3.09. The minimum absolute atomic E-state index is 0.0651. The Bertz CT molecular complexity index is 1290. The number of halogens is 2. The number of piperazine rings is 1. The van der Waals surface area contributed by atoms with Crippen molar-refractivity contribution in [3.63, 3.8) is 0 Å². The van der Waals surface area contributed by atoms with Crippen molar-refractivity contribution in [1.29, 1.82) is 0 Å². The van der Waals surface area contributed by atoms with E-state index in [1.165, 1.54) is 0 Å². The number of aliphatic hydroxyl groups is 1. The van der Waals surface area contributed by atoms with Crippen LogP contribution in [0.1, 0.15) is 55.3 Å². The number of aliphatic hydroxyl groups excluding tert-OH is 1. The van der Waals surface area contributed by atoms with Crippen molar-refractivity contribution in [3.8, 4) is 16.9 Å². The minimum atomic E-state index is -2.65. The van der Waals surface area contributed by atoms with Gasteiger partial charge in [-0.15, -0.1) is 0 Å². The molecular formula is C30H39F2N5O5.